The molecule has 2 unspecified atom stereocenters. The minimum Gasteiger partial charge on any atom is -0.462 e. The number of thiol groups is 2. The van der Waals surface area contributed by atoms with Crippen LogP contribution in [0.3, 0.4) is 0 Å². The highest BCUT2D eigenvalue weighted by Crippen LogP contribution is 2.07. The largest absolute Gasteiger partial charge is 0.462 e. The van der Waals surface area contributed by atoms with Crippen LogP contribution in [0.4, 0.5) is 0 Å². The van der Waals surface area contributed by atoms with Crippen molar-refractivity contribution in [3.05, 3.63) is 0 Å². The lowest BCUT2D eigenvalue weighted by atomic mass is 10.2. The van der Waals surface area contributed by atoms with Gasteiger partial charge in [0.15, 0.2) is 0 Å². The van der Waals surface area contributed by atoms with Gasteiger partial charge in [-0.1, -0.05) is 13.8 Å². The van der Waals surface area contributed by atoms with Gasteiger partial charge in [-0.2, -0.15) is 25.3 Å². The fraction of sp³-hybridized carbons (Fsp3) is 0.833. The van der Waals surface area contributed by atoms with Gasteiger partial charge in [0.25, 0.3) is 0 Å². The molecule has 0 aliphatic rings. The molecule has 0 aromatic rings. The van der Waals surface area contributed by atoms with Crippen molar-refractivity contribution in [2.24, 2.45) is 0 Å². The van der Waals surface area contributed by atoms with Gasteiger partial charge in [0.05, 0.1) is 12.8 Å². The lowest BCUT2D eigenvalue weighted by Crippen LogP contribution is -2.17. The van der Waals surface area contributed by atoms with Crippen LogP contribution in [-0.2, 0) is 19.1 Å². The normalized spacial score (nSPS) is 13.8. The van der Waals surface area contributed by atoms with E-state index in [4.69, 9.17) is 9.47 Å². The van der Waals surface area contributed by atoms with Gasteiger partial charge >= 0.3 is 11.9 Å². The van der Waals surface area contributed by atoms with Crippen LogP contribution in [0.2, 0.25) is 0 Å². The molecule has 18 heavy (non-hydrogen) atoms. The topological polar surface area (TPSA) is 52.6 Å². The number of rotatable bonds is 9. The zero-order valence-corrected chi connectivity index (χ0v) is 12.7. The summed E-state index contributed by atoms with van der Waals surface area (Å²) < 4.78 is 9.82. The molecule has 0 amide bonds. The zero-order chi connectivity index (χ0) is 14.0. The van der Waals surface area contributed by atoms with Gasteiger partial charge < -0.3 is 9.47 Å². The Labute approximate surface area is 120 Å². The third-order valence-corrected chi connectivity index (χ3v) is 3.45. The first-order valence-corrected chi connectivity index (χ1v) is 7.20. The molecule has 0 N–H and O–H groups in total. The molecule has 0 saturated heterocycles. The summed E-state index contributed by atoms with van der Waals surface area (Å²) in [6.07, 6.45) is 2.19. The van der Waals surface area contributed by atoms with Crippen molar-refractivity contribution in [3.63, 3.8) is 0 Å². The highest BCUT2D eigenvalue weighted by Gasteiger charge is 2.11. The Bertz CT molecular complexity index is 232. The molecule has 0 spiro atoms. The molecule has 0 aromatic heterocycles. The van der Waals surface area contributed by atoms with Crippen LogP contribution in [0.5, 0.6) is 0 Å². The summed E-state index contributed by atoms with van der Waals surface area (Å²) in [7, 11) is 0. The second kappa shape index (κ2) is 10.6. The maximum absolute atomic E-state index is 11.3. The number of ether oxygens (including phenoxy) is 2. The first-order chi connectivity index (χ1) is 8.49. The van der Waals surface area contributed by atoms with E-state index in [0.29, 0.717) is 0 Å². The van der Waals surface area contributed by atoms with Crippen LogP contribution in [0, 0.1) is 0 Å². The average molecular weight is 294 g/mol. The summed E-state index contributed by atoms with van der Waals surface area (Å²) in [6.45, 7) is 4.10. The van der Waals surface area contributed by atoms with E-state index in [1.54, 1.807) is 0 Å². The summed E-state index contributed by atoms with van der Waals surface area (Å²) in [5, 5.41) is 0.0455. The third kappa shape index (κ3) is 9.65. The molecule has 4 nitrogen and oxygen atoms in total. The summed E-state index contributed by atoms with van der Waals surface area (Å²) >= 11 is 8.40. The standard InChI is InChI=1S/C12H22O4S2/c1-3-9(17)7-11(13)15-5-6-16-12(14)8-10(18)4-2/h9-10,17-18H,3-8H2,1-2H3. The maximum Gasteiger partial charge on any atom is 0.307 e. The minimum absolute atomic E-state index is 0.0227. The lowest BCUT2D eigenvalue weighted by Gasteiger charge is -2.10. The lowest BCUT2D eigenvalue weighted by molar-refractivity contribution is -0.152. The van der Waals surface area contributed by atoms with Crippen molar-refractivity contribution in [2.75, 3.05) is 13.2 Å². The van der Waals surface area contributed by atoms with Crippen molar-refractivity contribution in [2.45, 2.75) is 50.0 Å². The van der Waals surface area contributed by atoms with Gasteiger partial charge in [0.2, 0.25) is 0 Å². The molecule has 2 atom stereocenters. The molecule has 0 radical (unpaired) electrons. The van der Waals surface area contributed by atoms with E-state index in [9.17, 15) is 9.59 Å². The summed E-state index contributed by atoms with van der Waals surface area (Å²) in [4.78, 5) is 22.5. The van der Waals surface area contributed by atoms with Gasteiger partial charge in [-0.05, 0) is 12.8 Å². The Balaban J connectivity index is 3.55. The summed E-state index contributed by atoms with van der Waals surface area (Å²) in [6, 6.07) is 0. The molecular weight excluding hydrogens is 272 g/mol. The van der Waals surface area contributed by atoms with Crippen LogP contribution in [0.25, 0.3) is 0 Å². The zero-order valence-electron chi connectivity index (χ0n) is 10.9. The Morgan fingerprint density at radius 2 is 1.22 bits per heavy atom. The first-order valence-electron chi connectivity index (χ1n) is 6.16. The predicted molar refractivity (Wildman–Crippen MR) is 77.3 cm³/mol. The number of hydrogen-bond donors (Lipinski definition) is 2. The molecule has 0 aromatic carbocycles. The average Bonchev–Trinajstić information content (AvgIpc) is 2.34. The quantitative estimate of drug-likeness (QED) is 0.389. The fourth-order valence-corrected chi connectivity index (χ4v) is 1.40. The van der Waals surface area contributed by atoms with E-state index in [1.807, 2.05) is 13.8 Å². The SMILES string of the molecule is CCC(S)CC(=O)OCCOC(=O)CC(S)CC. The highest BCUT2D eigenvalue weighted by atomic mass is 32.1. The van der Waals surface area contributed by atoms with Crippen LogP contribution in [-0.4, -0.2) is 35.7 Å². The van der Waals surface area contributed by atoms with Crippen molar-refractivity contribution in [3.8, 4) is 0 Å². The number of carbonyl (C=O) groups excluding carboxylic acids is 2. The maximum atomic E-state index is 11.3. The van der Waals surface area contributed by atoms with Crippen LogP contribution in [0.1, 0.15) is 39.5 Å². The molecule has 0 rings (SSSR count). The second-order valence-electron chi connectivity index (χ2n) is 3.97. The van der Waals surface area contributed by atoms with Crippen LogP contribution >= 0.6 is 25.3 Å². The van der Waals surface area contributed by atoms with Crippen molar-refractivity contribution in [1.29, 1.82) is 0 Å². The van der Waals surface area contributed by atoms with Gasteiger partial charge in [0.1, 0.15) is 13.2 Å². The number of carbonyl (C=O) groups is 2. The van der Waals surface area contributed by atoms with E-state index in [2.05, 4.69) is 25.3 Å². The second-order valence-corrected chi connectivity index (χ2v) is 5.43. The monoisotopic (exact) mass is 294 g/mol. The molecule has 0 fully saturated rings. The fourth-order valence-electron chi connectivity index (χ4n) is 1.10. The van der Waals surface area contributed by atoms with Crippen molar-refractivity contribution < 1.29 is 19.1 Å². The molecule has 0 heterocycles. The van der Waals surface area contributed by atoms with E-state index in [0.717, 1.165) is 12.8 Å². The van der Waals surface area contributed by atoms with Crippen molar-refractivity contribution in [1.82, 2.24) is 0 Å². The summed E-state index contributed by atoms with van der Waals surface area (Å²) in [5.41, 5.74) is 0. The molecule has 0 aliphatic heterocycles. The third-order valence-electron chi connectivity index (χ3n) is 2.36. The Hall–Kier alpha value is -0.360. The molecule has 0 saturated carbocycles. The van der Waals surface area contributed by atoms with Crippen LogP contribution in [0.15, 0.2) is 0 Å². The highest BCUT2D eigenvalue weighted by molar-refractivity contribution is 7.81. The smallest absolute Gasteiger partial charge is 0.307 e. The molecule has 6 heteroatoms. The van der Waals surface area contributed by atoms with Gasteiger partial charge in [-0.15, -0.1) is 0 Å². The molecule has 0 aliphatic carbocycles. The minimum atomic E-state index is -0.312. The van der Waals surface area contributed by atoms with E-state index in [-0.39, 0.29) is 48.5 Å². The van der Waals surface area contributed by atoms with E-state index in [1.165, 1.54) is 0 Å². The van der Waals surface area contributed by atoms with Gasteiger partial charge in [-0.3, -0.25) is 9.59 Å². The molecular formula is C12H22O4S2. The summed E-state index contributed by atoms with van der Waals surface area (Å²) in [5.74, 6) is -0.623. The Morgan fingerprint density at radius 3 is 1.50 bits per heavy atom. The molecule has 0 bridgehead atoms. The molecule has 106 valence electrons. The predicted octanol–water partition coefficient (Wildman–Crippen LogP) is 2.27. The van der Waals surface area contributed by atoms with E-state index >= 15 is 0 Å². The van der Waals surface area contributed by atoms with Crippen LogP contribution < -0.4 is 0 Å². The Kier molecular flexibility index (Phi) is 10.3. The Morgan fingerprint density at radius 1 is 0.889 bits per heavy atom. The van der Waals surface area contributed by atoms with Gasteiger partial charge in [-0.25, -0.2) is 0 Å². The number of esters is 2. The van der Waals surface area contributed by atoms with Gasteiger partial charge in [0, 0.05) is 10.5 Å². The van der Waals surface area contributed by atoms with Crippen molar-refractivity contribution >= 4 is 37.2 Å². The number of hydrogen-bond acceptors (Lipinski definition) is 6. The van der Waals surface area contributed by atoms with E-state index < -0.39 is 0 Å². The first kappa shape index (κ1) is 17.6.